The quantitative estimate of drug-likeness (QED) is 0.0528. The zero-order valence-electron chi connectivity index (χ0n) is 31.9. The molecule has 0 atom stereocenters. The van der Waals surface area contributed by atoms with E-state index in [0.717, 1.165) is 18.8 Å². The van der Waals surface area contributed by atoms with Crippen LogP contribution in [-0.4, -0.2) is 112 Å². The molecule has 1 aromatic rings. The van der Waals surface area contributed by atoms with E-state index in [-0.39, 0.29) is 0 Å². The van der Waals surface area contributed by atoms with Crippen molar-refractivity contribution >= 4 is 5.69 Å². The zero-order chi connectivity index (χ0) is 35.7. The standard InChI is InChI=1S/C40H75NO9/c1-2-3-4-5-6-7-8-9-10-11-12-13-14-15-16-17-22-42-23-24-43-25-26-44-27-28-45-29-30-46-31-32-47-33-34-48-35-36-49-37-38-50-40-20-18-39(41)19-21-40/h18-21H,2-17,22-38,41H2,1H3. The summed E-state index contributed by atoms with van der Waals surface area (Å²) in [6, 6.07) is 7.30. The summed E-state index contributed by atoms with van der Waals surface area (Å²) in [5, 5.41) is 0. The number of ether oxygens (including phenoxy) is 9. The molecule has 0 unspecified atom stereocenters. The average molecular weight is 714 g/mol. The molecule has 0 aliphatic heterocycles. The number of rotatable bonds is 42. The van der Waals surface area contributed by atoms with Gasteiger partial charge < -0.3 is 48.4 Å². The maximum absolute atomic E-state index is 5.69. The normalized spacial score (nSPS) is 11.5. The van der Waals surface area contributed by atoms with E-state index in [1.54, 1.807) is 0 Å². The monoisotopic (exact) mass is 714 g/mol. The summed E-state index contributed by atoms with van der Waals surface area (Å²) in [7, 11) is 0. The molecular weight excluding hydrogens is 638 g/mol. The van der Waals surface area contributed by atoms with E-state index >= 15 is 0 Å². The minimum Gasteiger partial charge on any atom is -0.491 e. The minimum absolute atomic E-state index is 0.484. The van der Waals surface area contributed by atoms with Crippen molar-refractivity contribution in [2.45, 2.75) is 110 Å². The number of unbranched alkanes of at least 4 members (excludes halogenated alkanes) is 15. The van der Waals surface area contributed by atoms with Gasteiger partial charge in [0, 0.05) is 12.3 Å². The van der Waals surface area contributed by atoms with Crippen molar-refractivity contribution in [2.75, 3.05) is 118 Å². The summed E-state index contributed by atoms with van der Waals surface area (Å²) in [5.41, 5.74) is 6.37. The van der Waals surface area contributed by atoms with Gasteiger partial charge >= 0.3 is 0 Å². The van der Waals surface area contributed by atoms with Crippen LogP contribution < -0.4 is 10.5 Å². The molecule has 1 rings (SSSR count). The summed E-state index contributed by atoms with van der Waals surface area (Å²) in [4.78, 5) is 0. The summed E-state index contributed by atoms with van der Waals surface area (Å²) in [6.07, 6.45) is 22.2. The first-order chi connectivity index (χ1) is 24.8. The second kappa shape index (κ2) is 40.3. The van der Waals surface area contributed by atoms with Crippen LogP contribution in [0.5, 0.6) is 5.75 Å². The van der Waals surface area contributed by atoms with Crippen LogP contribution in [0, 0.1) is 0 Å². The van der Waals surface area contributed by atoms with Crippen molar-refractivity contribution in [2.24, 2.45) is 0 Å². The predicted molar refractivity (Wildman–Crippen MR) is 202 cm³/mol. The van der Waals surface area contributed by atoms with Crippen LogP contribution in [-0.2, 0) is 37.9 Å². The largest absolute Gasteiger partial charge is 0.491 e. The second-order valence-corrected chi connectivity index (χ2v) is 12.6. The van der Waals surface area contributed by atoms with E-state index < -0.39 is 0 Å². The van der Waals surface area contributed by atoms with Gasteiger partial charge in [0.05, 0.1) is 99.1 Å². The molecule has 0 saturated carbocycles. The number of hydrogen-bond acceptors (Lipinski definition) is 10. The number of benzene rings is 1. The van der Waals surface area contributed by atoms with Gasteiger partial charge in [-0.25, -0.2) is 0 Å². The zero-order valence-corrected chi connectivity index (χ0v) is 31.9. The highest BCUT2D eigenvalue weighted by molar-refractivity contribution is 5.41. The molecule has 0 aliphatic carbocycles. The molecule has 0 saturated heterocycles. The molecule has 2 N–H and O–H groups in total. The maximum Gasteiger partial charge on any atom is 0.119 e. The van der Waals surface area contributed by atoms with E-state index in [2.05, 4.69) is 6.92 Å². The lowest BCUT2D eigenvalue weighted by Crippen LogP contribution is -2.15. The lowest BCUT2D eigenvalue weighted by atomic mass is 10.0. The molecule has 1 aromatic carbocycles. The fourth-order valence-electron chi connectivity index (χ4n) is 5.18. The first kappa shape index (κ1) is 46.5. The van der Waals surface area contributed by atoms with Gasteiger partial charge in [0.2, 0.25) is 0 Å². The van der Waals surface area contributed by atoms with Gasteiger partial charge in [-0.3, -0.25) is 0 Å². The van der Waals surface area contributed by atoms with Gasteiger partial charge in [-0.05, 0) is 30.7 Å². The topological polar surface area (TPSA) is 109 Å². The summed E-state index contributed by atoms with van der Waals surface area (Å²) < 4.78 is 49.9. The first-order valence-corrected chi connectivity index (χ1v) is 19.9. The van der Waals surface area contributed by atoms with Gasteiger partial charge in [-0.1, -0.05) is 103 Å². The molecule has 10 nitrogen and oxygen atoms in total. The average Bonchev–Trinajstić information content (AvgIpc) is 3.13. The Morgan fingerprint density at radius 1 is 0.320 bits per heavy atom. The molecule has 0 heterocycles. The fraction of sp³-hybridized carbons (Fsp3) is 0.850. The smallest absolute Gasteiger partial charge is 0.119 e. The Bertz CT molecular complexity index is 772. The highest BCUT2D eigenvalue weighted by Crippen LogP contribution is 2.14. The Morgan fingerprint density at radius 3 is 0.900 bits per heavy atom. The Balaban J connectivity index is 1.61. The second-order valence-electron chi connectivity index (χ2n) is 12.6. The van der Waals surface area contributed by atoms with Crippen molar-refractivity contribution in [1.82, 2.24) is 0 Å². The maximum atomic E-state index is 5.69. The molecule has 294 valence electrons. The lowest BCUT2D eigenvalue weighted by molar-refractivity contribution is -0.0236. The van der Waals surface area contributed by atoms with E-state index in [9.17, 15) is 0 Å². The van der Waals surface area contributed by atoms with Crippen LogP contribution >= 0.6 is 0 Å². The molecule has 0 aromatic heterocycles. The minimum atomic E-state index is 0.484. The van der Waals surface area contributed by atoms with Crippen molar-refractivity contribution in [3.63, 3.8) is 0 Å². The van der Waals surface area contributed by atoms with Crippen molar-refractivity contribution in [3.05, 3.63) is 24.3 Å². The Morgan fingerprint density at radius 2 is 0.580 bits per heavy atom. The third-order valence-corrected chi connectivity index (χ3v) is 8.12. The van der Waals surface area contributed by atoms with Crippen LogP contribution in [0.3, 0.4) is 0 Å². The SMILES string of the molecule is CCCCCCCCCCCCCCCCCCOCCOCCOCCOCCOCCOCCOCCOCCOc1ccc(N)cc1. The van der Waals surface area contributed by atoms with Crippen LogP contribution in [0.2, 0.25) is 0 Å². The molecule has 0 spiro atoms. The van der Waals surface area contributed by atoms with Gasteiger partial charge in [0.25, 0.3) is 0 Å². The summed E-state index contributed by atoms with van der Waals surface area (Å²) in [6.45, 7) is 11.8. The third kappa shape index (κ3) is 36.3. The van der Waals surface area contributed by atoms with Crippen LogP contribution in [0.15, 0.2) is 24.3 Å². The highest BCUT2D eigenvalue weighted by atomic mass is 16.6. The molecular formula is C40H75NO9. The van der Waals surface area contributed by atoms with Crippen LogP contribution in [0.4, 0.5) is 5.69 Å². The Kier molecular flexibility index (Phi) is 37.5. The molecule has 0 amide bonds. The third-order valence-electron chi connectivity index (χ3n) is 8.12. The Hall–Kier alpha value is -1.50. The van der Waals surface area contributed by atoms with E-state index in [1.165, 1.54) is 96.3 Å². The first-order valence-electron chi connectivity index (χ1n) is 19.9. The number of nitrogens with two attached hydrogens (primary N) is 1. The van der Waals surface area contributed by atoms with Gasteiger partial charge in [0.15, 0.2) is 0 Å². The van der Waals surface area contributed by atoms with Crippen LogP contribution in [0.1, 0.15) is 110 Å². The van der Waals surface area contributed by atoms with Crippen molar-refractivity contribution in [3.8, 4) is 5.75 Å². The number of hydrogen-bond donors (Lipinski definition) is 1. The Labute approximate surface area is 305 Å². The molecule has 10 heteroatoms. The molecule has 0 radical (unpaired) electrons. The fourth-order valence-corrected chi connectivity index (χ4v) is 5.18. The van der Waals surface area contributed by atoms with Gasteiger partial charge in [0.1, 0.15) is 12.4 Å². The van der Waals surface area contributed by atoms with Gasteiger partial charge in [-0.2, -0.15) is 0 Å². The molecule has 50 heavy (non-hydrogen) atoms. The summed E-state index contributed by atoms with van der Waals surface area (Å²) in [5.74, 6) is 0.779. The predicted octanol–water partition coefficient (Wildman–Crippen LogP) is 8.04. The summed E-state index contributed by atoms with van der Waals surface area (Å²) >= 11 is 0. The van der Waals surface area contributed by atoms with E-state index in [4.69, 9.17) is 48.4 Å². The van der Waals surface area contributed by atoms with E-state index in [1.807, 2.05) is 24.3 Å². The highest BCUT2D eigenvalue weighted by Gasteiger charge is 1.98. The van der Waals surface area contributed by atoms with Crippen LogP contribution in [0.25, 0.3) is 0 Å². The molecule has 0 aliphatic rings. The lowest BCUT2D eigenvalue weighted by Gasteiger charge is -2.09. The van der Waals surface area contributed by atoms with Gasteiger partial charge in [-0.15, -0.1) is 0 Å². The molecule has 0 fully saturated rings. The van der Waals surface area contributed by atoms with Crippen molar-refractivity contribution < 1.29 is 42.6 Å². The number of nitrogen functional groups attached to an aromatic ring is 1. The molecule has 0 bridgehead atoms. The van der Waals surface area contributed by atoms with Crippen molar-refractivity contribution in [1.29, 1.82) is 0 Å². The number of anilines is 1. The van der Waals surface area contributed by atoms with E-state index in [0.29, 0.717) is 111 Å².